The van der Waals surface area contributed by atoms with Gasteiger partial charge in [-0.05, 0) is 130 Å². The van der Waals surface area contributed by atoms with E-state index in [1.54, 1.807) is 32.9 Å². The predicted molar refractivity (Wildman–Crippen MR) is 397 cm³/mol. The Balaban J connectivity index is 1.41. The molecular weight excluding hydrogens is 1410 g/mol. The summed E-state index contributed by atoms with van der Waals surface area (Å²) in [5, 5.41) is 47.6. The molecule has 6 rings (SSSR count). The van der Waals surface area contributed by atoms with Crippen LogP contribution < -0.4 is 70.4 Å². The second-order valence-electron chi connectivity index (χ2n) is 29.1. The Labute approximate surface area is 627 Å². The maximum Gasteiger partial charge on any atom is 0.246 e. The maximum absolute atomic E-state index is 15.0. The van der Waals surface area contributed by atoms with E-state index in [2.05, 4.69) is 53.2 Å². The molecule has 0 unspecified atom stereocenters. The maximum atomic E-state index is 15.0. The first-order chi connectivity index (χ1) is 50.2. The molecule has 4 aliphatic rings. The topological polar surface area (TPSA) is 488 Å². The fourth-order valence-electron chi connectivity index (χ4n) is 13.4. The second kappa shape index (κ2) is 41.4. The van der Waals surface area contributed by atoms with Gasteiger partial charge in [-0.2, -0.15) is 0 Å². The molecule has 14 amide bonds. The molecule has 0 bridgehead atoms. The van der Waals surface area contributed by atoms with Gasteiger partial charge in [0.2, 0.25) is 82.7 Å². The highest BCUT2D eigenvalue weighted by atomic mass is 33.1. The van der Waals surface area contributed by atoms with Crippen molar-refractivity contribution < 1.29 is 77.3 Å². The molecule has 4 aliphatic heterocycles. The molecule has 32 nitrogen and oxygen atoms in total. The van der Waals surface area contributed by atoms with Crippen LogP contribution in [0.15, 0.2) is 48.5 Å². The van der Waals surface area contributed by atoms with E-state index in [0.29, 0.717) is 36.8 Å². The molecule has 14 atom stereocenters. The van der Waals surface area contributed by atoms with Crippen molar-refractivity contribution in [2.24, 2.45) is 40.9 Å². The van der Waals surface area contributed by atoms with Gasteiger partial charge in [-0.25, -0.2) is 0 Å². The zero-order valence-electron chi connectivity index (χ0n) is 62.1. The zero-order valence-corrected chi connectivity index (χ0v) is 63.7. The highest BCUT2D eigenvalue weighted by Gasteiger charge is 2.46. The van der Waals surface area contributed by atoms with Crippen LogP contribution in [-0.4, -0.2) is 230 Å². The van der Waals surface area contributed by atoms with Crippen LogP contribution >= 0.6 is 21.6 Å². The number of amides is 14. The third kappa shape index (κ3) is 25.2. The number of aromatic hydroxyl groups is 2. The van der Waals surface area contributed by atoms with Gasteiger partial charge < -0.3 is 95.3 Å². The van der Waals surface area contributed by atoms with Gasteiger partial charge in [-0.3, -0.25) is 67.1 Å². The van der Waals surface area contributed by atoms with Gasteiger partial charge in [0.1, 0.15) is 90.0 Å². The highest BCUT2D eigenvalue weighted by molar-refractivity contribution is 8.76. The number of primary amides is 1. The number of carbonyl (C=O) groups excluding carboxylic acids is 14. The van der Waals surface area contributed by atoms with Crippen molar-refractivity contribution >= 4 is 104 Å². The second-order valence-corrected chi connectivity index (χ2v) is 31.6. The van der Waals surface area contributed by atoms with Crippen molar-refractivity contribution in [3.8, 4) is 11.5 Å². The van der Waals surface area contributed by atoms with Crippen LogP contribution in [0.2, 0.25) is 0 Å². The van der Waals surface area contributed by atoms with E-state index in [4.69, 9.17) is 17.2 Å². The van der Waals surface area contributed by atoms with Crippen LogP contribution in [0, 0.1) is 23.7 Å². The molecule has 0 aromatic heterocycles. The van der Waals surface area contributed by atoms with Crippen molar-refractivity contribution in [2.45, 2.75) is 224 Å². The van der Waals surface area contributed by atoms with Gasteiger partial charge in [-0.15, -0.1) is 0 Å². The molecule has 34 heteroatoms. The molecule has 4 fully saturated rings. The number of phenols is 2. The fraction of sp³-hybridized carbons (Fsp3) is 0.639. The Hall–Kier alpha value is -8.76. The third-order valence-electron chi connectivity index (χ3n) is 19.2. The SMILES string of the molecule is CC[C@H](C)[C@H](NC(=O)[C@H](CC(C)C)NC(=O)[C@H](CCN)NC(=O)[C@@H]1CSSC[C@H](NC(C)=O)C(=O)N2CCC[C@H]2C(=O)N2CCC[C@H]2C(=O)N[C@@H](Cc2ccc(O)cc2)C(=O)N[C@@H](CC(C)C)C(=O)N2CCC[C@H]2C(=O)N[C@H](CN)C(=O)N[C@@H](Cc2ccc(O)cc2)C(=O)N[C@@H](CC(C)C)C(=O)N1)C(N)=O. The molecule has 0 aliphatic carbocycles. The third-order valence-corrected chi connectivity index (χ3v) is 21.6. The Morgan fingerprint density at radius 1 is 0.528 bits per heavy atom. The smallest absolute Gasteiger partial charge is 0.246 e. The van der Waals surface area contributed by atoms with E-state index in [0.717, 1.165) is 21.6 Å². The number of phenolic OH excluding ortho intramolecular Hbond substituents is 2. The highest BCUT2D eigenvalue weighted by Crippen LogP contribution is 2.30. The van der Waals surface area contributed by atoms with E-state index in [1.165, 1.54) is 58.0 Å². The standard InChI is InChI=1S/C72H110N16O16S2/c1-10-41(8)59(60(75)92)85-65(97)49(31-39(4)5)78-61(93)47(25-26-73)77-67(99)54-36-105-106-37-55(76-42(9)89)71(103)88-29-13-16-58(88)72(104)87-28-12-15-57(87)68(100)81-51(34-44-19-23-46(91)24-20-44)64(96)82-52(32-40(6)7)70(102)86-27-11-14-56(86)69(101)83-53(35-74)66(98)80-50(33-43-17-21-45(90)22-18-43)63(95)79-48(30-38(2)3)62(94)84-54/h17-24,38-41,47-59,90-91H,10-16,25-37,73-74H2,1-9H3,(H2,75,92)(H,76,89)(H,77,99)(H,78,93)(H,79,95)(H,80,98)(H,81,100)(H,82,96)(H,83,101)(H,84,94)(H,85,97)/t41-,47-,48-,49-,50-,51-,52-,53+,54-,55-,56-,57-,58-,59-/m0/s1. The van der Waals surface area contributed by atoms with E-state index in [1.807, 2.05) is 34.6 Å². The van der Waals surface area contributed by atoms with Crippen LogP contribution in [0.1, 0.15) is 144 Å². The lowest BCUT2D eigenvalue weighted by Gasteiger charge is -2.33. The summed E-state index contributed by atoms with van der Waals surface area (Å²) in [7, 11) is 1.99. The minimum Gasteiger partial charge on any atom is -0.508 e. The summed E-state index contributed by atoms with van der Waals surface area (Å²) >= 11 is 0. The van der Waals surface area contributed by atoms with Gasteiger partial charge in [0.25, 0.3) is 0 Å². The van der Waals surface area contributed by atoms with E-state index < -0.39 is 168 Å². The lowest BCUT2D eigenvalue weighted by molar-refractivity contribution is -0.147. The van der Waals surface area contributed by atoms with Crippen molar-refractivity contribution in [1.82, 2.24) is 67.9 Å². The molecule has 106 heavy (non-hydrogen) atoms. The molecule has 586 valence electrons. The Morgan fingerprint density at radius 2 is 0.972 bits per heavy atom. The average molecular weight is 1520 g/mol. The summed E-state index contributed by atoms with van der Waals surface area (Å²) in [5.41, 5.74) is 18.9. The number of carbonyl (C=O) groups is 14. The number of rotatable bonds is 23. The largest absolute Gasteiger partial charge is 0.508 e. The van der Waals surface area contributed by atoms with E-state index >= 15 is 4.79 Å². The van der Waals surface area contributed by atoms with Crippen molar-refractivity contribution in [2.75, 3.05) is 44.2 Å². The Morgan fingerprint density at radius 3 is 1.46 bits per heavy atom. The molecule has 4 heterocycles. The first-order valence-corrected chi connectivity index (χ1v) is 39.1. The Kier molecular flexibility index (Phi) is 33.6. The van der Waals surface area contributed by atoms with E-state index in [9.17, 15) is 72.5 Å². The number of hydrogen-bond acceptors (Lipinski definition) is 20. The van der Waals surface area contributed by atoms with Crippen LogP contribution in [0.5, 0.6) is 11.5 Å². The summed E-state index contributed by atoms with van der Waals surface area (Å²) in [4.78, 5) is 206. The van der Waals surface area contributed by atoms with Gasteiger partial charge in [0.05, 0.1) is 0 Å². The molecule has 18 N–H and O–H groups in total. The molecular formula is C72H110N16O16S2. The molecule has 0 spiro atoms. The normalized spacial score (nSPS) is 25.0. The minimum atomic E-state index is -1.58. The summed E-state index contributed by atoms with van der Waals surface area (Å²) in [6, 6.07) is -5.53. The molecule has 2 aromatic rings. The fourth-order valence-corrected chi connectivity index (χ4v) is 15.7. The van der Waals surface area contributed by atoms with Crippen LogP contribution in [0.4, 0.5) is 0 Å². The molecule has 2 aromatic carbocycles. The monoisotopic (exact) mass is 1520 g/mol. The summed E-state index contributed by atoms with van der Waals surface area (Å²) < 4.78 is 0. The lowest BCUT2D eigenvalue weighted by Crippen LogP contribution is -2.62. The summed E-state index contributed by atoms with van der Waals surface area (Å²) in [5.74, 6) is -12.5. The Bertz CT molecular complexity index is 3420. The first kappa shape index (κ1) is 86.2. The van der Waals surface area contributed by atoms with Gasteiger partial charge >= 0.3 is 0 Å². The zero-order chi connectivity index (χ0) is 78.2. The molecule has 0 radical (unpaired) electrons. The summed E-state index contributed by atoms with van der Waals surface area (Å²) in [6.07, 6.45) is 1.59. The summed E-state index contributed by atoms with van der Waals surface area (Å²) in [6.45, 7) is 15.1. The quantitative estimate of drug-likeness (QED) is 0.0599. The molecule has 4 saturated heterocycles. The van der Waals surface area contributed by atoms with Crippen molar-refractivity contribution in [1.29, 1.82) is 0 Å². The van der Waals surface area contributed by atoms with Crippen LogP contribution in [0.25, 0.3) is 0 Å². The number of nitrogens with two attached hydrogens (primary N) is 3. The van der Waals surface area contributed by atoms with Gasteiger partial charge in [0.15, 0.2) is 0 Å². The lowest BCUT2D eigenvalue weighted by atomic mass is 9.97. The number of fused-ring (bicyclic) bond motifs is 3. The molecule has 0 saturated carbocycles. The van der Waals surface area contributed by atoms with Gasteiger partial charge in [-0.1, -0.05) is 108 Å². The predicted octanol–water partition coefficient (Wildman–Crippen LogP) is -0.904. The van der Waals surface area contributed by atoms with Crippen molar-refractivity contribution in [3.05, 3.63) is 59.7 Å². The average Bonchev–Trinajstić information content (AvgIpc) is 1.64. The number of nitrogens with one attached hydrogen (secondary N) is 10. The number of nitrogens with zero attached hydrogens (tertiary/aromatic N) is 3. The van der Waals surface area contributed by atoms with Gasteiger partial charge in [0, 0.05) is 57.5 Å². The van der Waals surface area contributed by atoms with Crippen LogP contribution in [0.3, 0.4) is 0 Å². The number of benzene rings is 2. The van der Waals surface area contributed by atoms with E-state index in [-0.39, 0.29) is 131 Å². The van der Waals surface area contributed by atoms with Crippen molar-refractivity contribution in [3.63, 3.8) is 0 Å². The van der Waals surface area contributed by atoms with Crippen LogP contribution in [-0.2, 0) is 80.0 Å². The first-order valence-electron chi connectivity index (χ1n) is 36.7. The minimum absolute atomic E-state index is 0.0637. The number of hydrogen-bond donors (Lipinski definition) is 15.